The standard InChI is InChI=1S/C38H33N3O6/c1-23-20-33(42)47-36-27(23)15-17-31-35(36)34(25-12-8-5-9-13-25)37(46-31)38(43)39-22-29(26-14-16-30(44-2)32(21-26)45-3)41-19-18-28(40-41)24-10-6-4-7-11-24/h4-17,20-21,29H,18-19,22H2,1-3H3,(H,39,43). The average molecular weight is 628 g/mol. The Morgan fingerprint density at radius 3 is 2.34 bits per heavy atom. The van der Waals surface area contributed by atoms with Crippen molar-refractivity contribution in [2.45, 2.75) is 19.4 Å². The molecule has 1 amide bonds. The fourth-order valence-corrected chi connectivity index (χ4v) is 6.26. The molecule has 0 aliphatic carbocycles. The molecule has 2 aromatic heterocycles. The summed E-state index contributed by atoms with van der Waals surface area (Å²) in [5.41, 5.74) is 5.42. The molecule has 1 aliphatic heterocycles. The first-order valence-electron chi connectivity index (χ1n) is 15.4. The van der Waals surface area contributed by atoms with Crippen LogP contribution in [0.4, 0.5) is 0 Å². The molecule has 1 N–H and O–H groups in total. The van der Waals surface area contributed by atoms with Gasteiger partial charge in [0.1, 0.15) is 11.2 Å². The van der Waals surface area contributed by atoms with Crippen molar-refractivity contribution < 1.29 is 23.1 Å². The van der Waals surface area contributed by atoms with Crippen molar-refractivity contribution in [2.24, 2.45) is 5.10 Å². The molecule has 9 heteroatoms. The third-order valence-electron chi connectivity index (χ3n) is 8.58. The van der Waals surface area contributed by atoms with Crippen LogP contribution in [0.3, 0.4) is 0 Å². The number of furan rings is 1. The first-order chi connectivity index (χ1) is 22.9. The first-order valence-corrected chi connectivity index (χ1v) is 15.4. The van der Waals surface area contributed by atoms with E-state index in [1.165, 1.54) is 6.07 Å². The lowest BCUT2D eigenvalue weighted by Gasteiger charge is -2.27. The number of benzene rings is 4. The molecule has 0 bridgehead atoms. The van der Waals surface area contributed by atoms with Gasteiger partial charge in [-0.15, -0.1) is 0 Å². The zero-order chi connectivity index (χ0) is 32.5. The summed E-state index contributed by atoms with van der Waals surface area (Å²) in [6, 6.07) is 30.1. The number of methoxy groups -OCH3 is 2. The van der Waals surface area contributed by atoms with Crippen LogP contribution in [0.5, 0.6) is 11.5 Å². The smallest absolute Gasteiger partial charge is 0.336 e. The zero-order valence-electron chi connectivity index (χ0n) is 26.3. The number of amides is 1. The second-order valence-corrected chi connectivity index (χ2v) is 11.4. The molecule has 0 radical (unpaired) electrons. The molecular weight excluding hydrogens is 594 g/mol. The van der Waals surface area contributed by atoms with E-state index >= 15 is 0 Å². The fourth-order valence-electron chi connectivity index (χ4n) is 6.26. The summed E-state index contributed by atoms with van der Waals surface area (Å²) in [6.45, 7) is 2.75. The van der Waals surface area contributed by atoms with E-state index < -0.39 is 11.5 Å². The van der Waals surface area contributed by atoms with Crippen LogP contribution < -0.4 is 20.4 Å². The van der Waals surface area contributed by atoms with Crippen molar-refractivity contribution >= 4 is 33.6 Å². The van der Waals surface area contributed by atoms with Gasteiger partial charge in [-0.1, -0.05) is 66.7 Å². The highest BCUT2D eigenvalue weighted by molar-refractivity contribution is 6.16. The van der Waals surface area contributed by atoms with Gasteiger partial charge in [0.05, 0.1) is 31.4 Å². The maximum absolute atomic E-state index is 14.1. The Kier molecular flexibility index (Phi) is 7.95. The van der Waals surface area contributed by atoms with Crippen LogP contribution in [0.2, 0.25) is 0 Å². The molecule has 7 rings (SSSR count). The van der Waals surface area contributed by atoms with Gasteiger partial charge < -0.3 is 23.6 Å². The number of hydrogen-bond donors (Lipinski definition) is 1. The van der Waals surface area contributed by atoms with Crippen LogP contribution >= 0.6 is 0 Å². The molecule has 0 spiro atoms. The molecule has 3 heterocycles. The second kappa shape index (κ2) is 12.5. The molecule has 0 fully saturated rings. The summed E-state index contributed by atoms with van der Waals surface area (Å²) in [7, 11) is 3.19. The van der Waals surface area contributed by atoms with Gasteiger partial charge in [-0.25, -0.2) is 4.79 Å². The van der Waals surface area contributed by atoms with Crippen molar-refractivity contribution in [3.63, 3.8) is 0 Å². The molecule has 1 atom stereocenters. The van der Waals surface area contributed by atoms with Crippen molar-refractivity contribution in [1.29, 1.82) is 0 Å². The highest BCUT2D eigenvalue weighted by Gasteiger charge is 2.29. The van der Waals surface area contributed by atoms with E-state index in [0.717, 1.165) is 39.8 Å². The maximum Gasteiger partial charge on any atom is 0.336 e. The number of carbonyl (C=O) groups excluding carboxylic acids is 1. The summed E-state index contributed by atoms with van der Waals surface area (Å²) in [5.74, 6) is 0.918. The second-order valence-electron chi connectivity index (χ2n) is 11.4. The Hall–Kier alpha value is -5.83. The minimum atomic E-state index is -0.465. The van der Waals surface area contributed by atoms with Gasteiger partial charge >= 0.3 is 5.63 Å². The molecular formula is C38H33N3O6. The maximum atomic E-state index is 14.1. The summed E-state index contributed by atoms with van der Waals surface area (Å²) in [5, 5.41) is 11.5. The minimum Gasteiger partial charge on any atom is -0.493 e. The molecule has 1 unspecified atom stereocenters. The van der Waals surface area contributed by atoms with E-state index in [2.05, 4.69) is 17.4 Å². The lowest BCUT2D eigenvalue weighted by molar-refractivity contribution is 0.0911. The quantitative estimate of drug-likeness (QED) is 0.170. The molecule has 6 aromatic rings. The van der Waals surface area contributed by atoms with E-state index in [9.17, 15) is 9.59 Å². The predicted molar refractivity (Wildman–Crippen MR) is 181 cm³/mol. The lowest BCUT2D eigenvalue weighted by atomic mass is 9.99. The van der Waals surface area contributed by atoms with Gasteiger partial charge in [-0.3, -0.25) is 9.80 Å². The Morgan fingerprint density at radius 2 is 1.62 bits per heavy atom. The van der Waals surface area contributed by atoms with Gasteiger partial charge in [0.25, 0.3) is 5.91 Å². The molecule has 0 saturated carbocycles. The Balaban J connectivity index is 1.29. The number of hydrogen-bond acceptors (Lipinski definition) is 8. The average Bonchev–Trinajstić information content (AvgIpc) is 3.75. The number of carbonyl (C=O) groups is 1. The number of aryl methyl sites for hydroxylation is 1. The Labute approximate surface area is 271 Å². The highest BCUT2D eigenvalue weighted by atomic mass is 16.5. The van der Waals surface area contributed by atoms with Crippen molar-refractivity contribution in [3.8, 4) is 22.6 Å². The lowest BCUT2D eigenvalue weighted by Crippen LogP contribution is -2.35. The summed E-state index contributed by atoms with van der Waals surface area (Å²) in [6.07, 6.45) is 0.765. The molecule has 47 heavy (non-hydrogen) atoms. The fraction of sp³-hybridized carbons (Fsp3) is 0.184. The van der Waals surface area contributed by atoms with Crippen molar-refractivity contribution in [1.82, 2.24) is 10.3 Å². The molecule has 9 nitrogen and oxygen atoms in total. The third kappa shape index (κ3) is 5.61. The number of fused-ring (bicyclic) bond motifs is 3. The number of nitrogens with one attached hydrogen (secondary N) is 1. The van der Waals surface area contributed by atoms with Gasteiger partial charge in [0.2, 0.25) is 5.76 Å². The van der Waals surface area contributed by atoms with E-state index in [4.69, 9.17) is 23.4 Å². The van der Waals surface area contributed by atoms with E-state index in [0.29, 0.717) is 40.2 Å². The molecule has 0 saturated heterocycles. The van der Waals surface area contributed by atoms with Crippen LogP contribution in [-0.2, 0) is 0 Å². The molecule has 1 aliphatic rings. The van der Waals surface area contributed by atoms with Crippen LogP contribution in [0.25, 0.3) is 33.1 Å². The van der Waals surface area contributed by atoms with Crippen LogP contribution in [0.1, 0.15) is 39.7 Å². The van der Waals surface area contributed by atoms with Gasteiger partial charge in [0, 0.05) is 36.5 Å². The minimum absolute atomic E-state index is 0.129. The predicted octanol–water partition coefficient (Wildman–Crippen LogP) is 7.11. The van der Waals surface area contributed by atoms with E-state index in [-0.39, 0.29) is 18.3 Å². The number of hydrazone groups is 1. The summed E-state index contributed by atoms with van der Waals surface area (Å²) in [4.78, 5) is 26.6. The summed E-state index contributed by atoms with van der Waals surface area (Å²) < 4.78 is 23.1. The third-order valence-corrected chi connectivity index (χ3v) is 8.58. The van der Waals surface area contributed by atoms with E-state index in [1.807, 2.05) is 90.8 Å². The normalized spacial score (nSPS) is 13.5. The topological polar surface area (TPSA) is 107 Å². The SMILES string of the molecule is COc1ccc(C(CNC(=O)c2oc3ccc4c(C)cc(=O)oc4c3c2-c2ccccc2)N2CCC(c3ccccc3)=N2)cc1OC. The Bertz CT molecular complexity index is 2190. The molecule has 4 aromatic carbocycles. The zero-order valence-corrected chi connectivity index (χ0v) is 26.3. The number of nitrogens with zero attached hydrogens (tertiary/aromatic N) is 2. The van der Waals surface area contributed by atoms with Crippen molar-refractivity contribution in [3.05, 3.63) is 130 Å². The largest absolute Gasteiger partial charge is 0.493 e. The van der Waals surface area contributed by atoms with Gasteiger partial charge in [0.15, 0.2) is 11.5 Å². The van der Waals surface area contributed by atoms with Crippen LogP contribution in [0, 0.1) is 6.92 Å². The monoisotopic (exact) mass is 627 g/mol. The number of rotatable bonds is 9. The summed E-state index contributed by atoms with van der Waals surface area (Å²) >= 11 is 0. The highest BCUT2D eigenvalue weighted by Crippen LogP contribution is 2.40. The van der Waals surface area contributed by atoms with Crippen LogP contribution in [0.15, 0.2) is 116 Å². The van der Waals surface area contributed by atoms with E-state index in [1.54, 1.807) is 14.2 Å². The Morgan fingerprint density at radius 1 is 0.894 bits per heavy atom. The first kappa shape index (κ1) is 29.9. The molecule has 236 valence electrons. The van der Waals surface area contributed by atoms with Gasteiger partial charge in [-0.2, -0.15) is 5.10 Å². The number of ether oxygens (including phenoxy) is 2. The van der Waals surface area contributed by atoms with Gasteiger partial charge in [-0.05, 0) is 53.4 Å². The van der Waals surface area contributed by atoms with Crippen molar-refractivity contribution in [2.75, 3.05) is 27.3 Å². The van der Waals surface area contributed by atoms with Crippen LogP contribution in [-0.4, -0.2) is 43.9 Å².